The number of hydrogen-bond acceptors (Lipinski definition) is 6. The van der Waals surface area contributed by atoms with Gasteiger partial charge in [-0.2, -0.15) is 0 Å². The van der Waals surface area contributed by atoms with Crippen LogP contribution in [0.1, 0.15) is 38.1 Å². The Morgan fingerprint density at radius 1 is 1.11 bits per heavy atom. The standard InChI is InChI=1S/C19H30N6O.ClH/c1-3-4-10-18(19-20-21-22-25(19)15-16-26-2)24-13-11-23(12-14-24)17-8-6-5-7-9-17;/h5-9,18H,3-4,10-16H2,1-2H3;1H. The summed E-state index contributed by atoms with van der Waals surface area (Å²) in [6.07, 6.45) is 3.45. The van der Waals surface area contributed by atoms with E-state index in [0.717, 1.165) is 38.4 Å². The summed E-state index contributed by atoms with van der Waals surface area (Å²) >= 11 is 0. The largest absolute Gasteiger partial charge is 0.383 e. The first-order valence-corrected chi connectivity index (χ1v) is 9.62. The van der Waals surface area contributed by atoms with Crippen LogP contribution in [-0.2, 0) is 11.3 Å². The van der Waals surface area contributed by atoms with E-state index < -0.39 is 0 Å². The van der Waals surface area contributed by atoms with Crippen LogP contribution < -0.4 is 4.90 Å². The zero-order valence-corrected chi connectivity index (χ0v) is 17.1. The van der Waals surface area contributed by atoms with Gasteiger partial charge in [0.1, 0.15) is 0 Å². The maximum atomic E-state index is 5.20. The predicted octanol–water partition coefficient (Wildman–Crippen LogP) is 2.79. The van der Waals surface area contributed by atoms with Crippen molar-refractivity contribution in [1.82, 2.24) is 25.1 Å². The number of tetrazole rings is 1. The highest BCUT2D eigenvalue weighted by Crippen LogP contribution is 2.27. The number of rotatable bonds is 9. The Morgan fingerprint density at radius 3 is 2.52 bits per heavy atom. The number of halogens is 1. The number of ether oxygens (including phenoxy) is 1. The summed E-state index contributed by atoms with van der Waals surface area (Å²) in [6.45, 7) is 7.68. The third-order valence-corrected chi connectivity index (χ3v) is 5.07. The molecular formula is C19H31ClN6O. The van der Waals surface area contributed by atoms with Gasteiger partial charge < -0.3 is 9.64 Å². The van der Waals surface area contributed by atoms with Gasteiger partial charge in [-0.3, -0.25) is 4.90 Å². The molecule has 1 atom stereocenters. The lowest BCUT2D eigenvalue weighted by Gasteiger charge is -2.39. The van der Waals surface area contributed by atoms with Gasteiger partial charge in [0.25, 0.3) is 0 Å². The van der Waals surface area contributed by atoms with Crippen molar-refractivity contribution in [2.45, 2.75) is 38.8 Å². The molecule has 1 aliphatic rings. The number of aromatic nitrogens is 4. The molecule has 2 heterocycles. The van der Waals surface area contributed by atoms with Crippen molar-refractivity contribution in [3.8, 4) is 0 Å². The molecule has 0 aliphatic carbocycles. The Hall–Kier alpha value is -1.70. The van der Waals surface area contributed by atoms with E-state index in [4.69, 9.17) is 4.74 Å². The van der Waals surface area contributed by atoms with Crippen molar-refractivity contribution >= 4 is 18.1 Å². The molecule has 1 aromatic heterocycles. The topological polar surface area (TPSA) is 59.3 Å². The van der Waals surface area contributed by atoms with Crippen molar-refractivity contribution in [2.75, 3.05) is 44.8 Å². The molecular weight excluding hydrogens is 364 g/mol. The molecule has 1 unspecified atom stereocenters. The normalized spacial score (nSPS) is 16.1. The highest BCUT2D eigenvalue weighted by atomic mass is 35.5. The summed E-state index contributed by atoms with van der Waals surface area (Å²) in [7, 11) is 1.71. The minimum absolute atomic E-state index is 0. The minimum atomic E-state index is 0. The maximum absolute atomic E-state index is 5.20. The van der Waals surface area contributed by atoms with E-state index in [1.54, 1.807) is 7.11 Å². The molecule has 0 saturated carbocycles. The molecule has 150 valence electrons. The molecule has 0 radical (unpaired) electrons. The third-order valence-electron chi connectivity index (χ3n) is 5.07. The fourth-order valence-electron chi connectivity index (χ4n) is 3.59. The van der Waals surface area contributed by atoms with Gasteiger partial charge in [-0.25, -0.2) is 4.68 Å². The summed E-state index contributed by atoms with van der Waals surface area (Å²) in [4.78, 5) is 5.01. The Bertz CT molecular complexity index is 645. The molecule has 3 rings (SSSR count). The number of methoxy groups -OCH3 is 1. The predicted molar refractivity (Wildman–Crippen MR) is 109 cm³/mol. The summed E-state index contributed by atoms with van der Waals surface area (Å²) < 4.78 is 7.11. The van der Waals surface area contributed by atoms with Gasteiger partial charge in [0.2, 0.25) is 0 Å². The second-order valence-corrected chi connectivity index (χ2v) is 6.77. The lowest BCUT2D eigenvalue weighted by molar-refractivity contribution is 0.152. The lowest BCUT2D eigenvalue weighted by atomic mass is 10.1. The van der Waals surface area contributed by atoms with Crippen LogP contribution in [0.3, 0.4) is 0 Å². The minimum Gasteiger partial charge on any atom is -0.383 e. The van der Waals surface area contributed by atoms with E-state index >= 15 is 0 Å². The molecule has 2 aromatic rings. The first-order chi connectivity index (χ1) is 12.8. The fraction of sp³-hybridized carbons (Fsp3) is 0.632. The van der Waals surface area contributed by atoms with Crippen molar-refractivity contribution in [3.63, 3.8) is 0 Å². The van der Waals surface area contributed by atoms with Crippen molar-refractivity contribution in [3.05, 3.63) is 36.2 Å². The van der Waals surface area contributed by atoms with E-state index in [0.29, 0.717) is 13.2 Å². The van der Waals surface area contributed by atoms with E-state index in [-0.39, 0.29) is 18.4 Å². The summed E-state index contributed by atoms with van der Waals surface area (Å²) in [5.41, 5.74) is 1.31. The highest BCUT2D eigenvalue weighted by molar-refractivity contribution is 5.85. The number of piperazine rings is 1. The van der Waals surface area contributed by atoms with Crippen LogP contribution in [-0.4, -0.2) is 65.0 Å². The van der Waals surface area contributed by atoms with Crippen molar-refractivity contribution in [2.24, 2.45) is 0 Å². The smallest absolute Gasteiger partial charge is 0.168 e. The van der Waals surface area contributed by atoms with Gasteiger partial charge in [-0.15, -0.1) is 17.5 Å². The van der Waals surface area contributed by atoms with Crippen LogP contribution in [0.15, 0.2) is 30.3 Å². The van der Waals surface area contributed by atoms with Crippen LogP contribution in [0.25, 0.3) is 0 Å². The van der Waals surface area contributed by atoms with Gasteiger partial charge >= 0.3 is 0 Å². The summed E-state index contributed by atoms with van der Waals surface area (Å²) in [5, 5.41) is 12.5. The van der Waals surface area contributed by atoms with Crippen LogP contribution >= 0.6 is 12.4 Å². The quantitative estimate of drug-likeness (QED) is 0.651. The van der Waals surface area contributed by atoms with Crippen molar-refractivity contribution < 1.29 is 4.74 Å². The van der Waals surface area contributed by atoms with Gasteiger partial charge in [0.05, 0.1) is 19.2 Å². The Balaban J connectivity index is 0.00000261. The number of hydrogen-bond donors (Lipinski definition) is 0. The molecule has 27 heavy (non-hydrogen) atoms. The number of para-hydroxylation sites is 1. The molecule has 1 saturated heterocycles. The van der Waals surface area contributed by atoms with Crippen LogP contribution in [0.2, 0.25) is 0 Å². The van der Waals surface area contributed by atoms with Gasteiger partial charge in [-0.05, 0) is 29.0 Å². The van der Waals surface area contributed by atoms with Gasteiger partial charge in [0, 0.05) is 39.0 Å². The second-order valence-electron chi connectivity index (χ2n) is 6.77. The molecule has 8 heteroatoms. The summed E-state index contributed by atoms with van der Waals surface area (Å²) in [6, 6.07) is 10.9. The summed E-state index contributed by atoms with van der Waals surface area (Å²) in [5.74, 6) is 0.976. The lowest BCUT2D eigenvalue weighted by Crippen LogP contribution is -2.48. The second kappa shape index (κ2) is 11.2. The highest BCUT2D eigenvalue weighted by Gasteiger charge is 2.28. The molecule has 1 fully saturated rings. The van der Waals surface area contributed by atoms with E-state index in [9.17, 15) is 0 Å². The zero-order chi connectivity index (χ0) is 18.2. The SMILES string of the molecule is CCCCC(c1nnnn1CCOC)N1CCN(c2ccccc2)CC1.Cl. The van der Waals surface area contributed by atoms with Gasteiger partial charge in [0.15, 0.2) is 5.82 Å². The first-order valence-electron chi connectivity index (χ1n) is 9.62. The first kappa shape index (κ1) is 21.6. The van der Waals surface area contributed by atoms with Crippen molar-refractivity contribution in [1.29, 1.82) is 0 Å². The average molecular weight is 395 g/mol. The maximum Gasteiger partial charge on any atom is 0.168 e. The molecule has 0 bridgehead atoms. The Morgan fingerprint density at radius 2 is 1.85 bits per heavy atom. The number of benzene rings is 1. The molecule has 0 amide bonds. The third kappa shape index (κ3) is 5.64. The molecule has 1 aromatic carbocycles. The number of anilines is 1. The fourth-order valence-corrected chi connectivity index (χ4v) is 3.59. The molecule has 0 N–H and O–H groups in total. The number of unbranched alkanes of at least 4 members (excludes halogenated alkanes) is 1. The monoisotopic (exact) mass is 394 g/mol. The van der Waals surface area contributed by atoms with E-state index in [1.165, 1.54) is 18.5 Å². The van der Waals surface area contributed by atoms with Crippen LogP contribution in [0.4, 0.5) is 5.69 Å². The van der Waals surface area contributed by atoms with Crippen LogP contribution in [0, 0.1) is 0 Å². The van der Waals surface area contributed by atoms with Gasteiger partial charge in [-0.1, -0.05) is 38.0 Å². The van der Waals surface area contributed by atoms with E-state index in [1.807, 2.05) is 4.68 Å². The number of nitrogens with zero attached hydrogens (tertiary/aromatic N) is 6. The molecule has 0 spiro atoms. The average Bonchev–Trinajstić information content (AvgIpc) is 3.16. The Labute approximate surface area is 168 Å². The van der Waals surface area contributed by atoms with Crippen LogP contribution in [0.5, 0.6) is 0 Å². The molecule has 7 nitrogen and oxygen atoms in total. The molecule has 1 aliphatic heterocycles. The zero-order valence-electron chi connectivity index (χ0n) is 16.3. The Kier molecular flexibility index (Phi) is 8.97. The van der Waals surface area contributed by atoms with E-state index in [2.05, 4.69) is 62.6 Å².